The van der Waals surface area contributed by atoms with Crippen molar-refractivity contribution in [3.63, 3.8) is 0 Å². The average Bonchev–Trinajstić information content (AvgIpc) is 3.16. The van der Waals surface area contributed by atoms with Crippen LogP contribution < -0.4 is 15.4 Å². The van der Waals surface area contributed by atoms with Crippen LogP contribution in [0.3, 0.4) is 0 Å². The van der Waals surface area contributed by atoms with Gasteiger partial charge < -0.3 is 24.5 Å². The topological polar surface area (TPSA) is 89.8 Å². The third kappa shape index (κ3) is 4.25. The number of rotatable bonds is 6. The smallest absolute Gasteiger partial charge is 0.341 e. The minimum atomic E-state index is -0.498. The van der Waals surface area contributed by atoms with Gasteiger partial charge in [-0.3, -0.25) is 0 Å². The Bertz CT molecular complexity index is 962. The van der Waals surface area contributed by atoms with Gasteiger partial charge in [-0.05, 0) is 36.8 Å². The second-order valence-corrected chi connectivity index (χ2v) is 6.26. The van der Waals surface area contributed by atoms with E-state index in [0.29, 0.717) is 17.1 Å². The predicted molar refractivity (Wildman–Crippen MR) is 104 cm³/mol. The fraction of sp³-hybridized carbons (Fsp3) is 0.238. The van der Waals surface area contributed by atoms with Crippen molar-refractivity contribution in [3.8, 4) is 5.75 Å². The number of esters is 1. The highest BCUT2D eigenvalue weighted by Gasteiger charge is 2.16. The number of hydrogen-bond acceptors (Lipinski definition) is 5. The Morgan fingerprint density at radius 3 is 2.61 bits per heavy atom. The second-order valence-electron chi connectivity index (χ2n) is 6.26. The predicted octanol–water partition coefficient (Wildman–Crippen LogP) is 3.79. The van der Waals surface area contributed by atoms with E-state index in [2.05, 4.69) is 10.6 Å². The number of methoxy groups -OCH3 is 2. The highest BCUT2D eigenvalue weighted by molar-refractivity contribution is 5.92. The standard InChI is InChI=1S/C21H22N2O5/c1-13(19-11-15-6-4-5-7-17(15)28-19)23-21(25)22-12-14-8-9-18(26-2)16(10-14)20(24)27-3/h4-11,13H,12H2,1-3H3,(H2,22,23,25). The largest absolute Gasteiger partial charge is 0.496 e. The first-order valence-electron chi connectivity index (χ1n) is 8.80. The van der Waals surface area contributed by atoms with Crippen LogP contribution >= 0.6 is 0 Å². The SMILES string of the molecule is COC(=O)c1cc(CNC(=O)NC(C)c2cc3ccccc3o2)ccc1OC. The number of nitrogens with one attached hydrogen (secondary N) is 2. The summed E-state index contributed by atoms with van der Waals surface area (Å²) < 4.78 is 15.7. The van der Waals surface area contributed by atoms with Crippen LogP contribution in [0.2, 0.25) is 0 Å². The van der Waals surface area contributed by atoms with E-state index in [1.54, 1.807) is 18.2 Å². The van der Waals surface area contributed by atoms with E-state index in [0.717, 1.165) is 16.5 Å². The zero-order valence-corrected chi connectivity index (χ0v) is 15.9. The van der Waals surface area contributed by atoms with Crippen LogP contribution in [0.4, 0.5) is 4.79 Å². The molecular formula is C21H22N2O5. The van der Waals surface area contributed by atoms with Crippen molar-refractivity contribution in [2.75, 3.05) is 14.2 Å². The van der Waals surface area contributed by atoms with Crippen LogP contribution in [-0.4, -0.2) is 26.2 Å². The molecule has 0 aliphatic rings. The van der Waals surface area contributed by atoms with Gasteiger partial charge in [-0.25, -0.2) is 9.59 Å². The van der Waals surface area contributed by atoms with Crippen molar-refractivity contribution in [2.24, 2.45) is 0 Å². The Morgan fingerprint density at radius 2 is 1.89 bits per heavy atom. The van der Waals surface area contributed by atoms with Crippen molar-refractivity contribution in [2.45, 2.75) is 19.5 Å². The van der Waals surface area contributed by atoms with Gasteiger partial charge >= 0.3 is 12.0 Å². The van der Waals surface area contributed by atoms with Crippen molar-refractivity contribution in [3.05, 3.63) is 65.4 Å². The number of fused-ring (bicyclic) bond motifs is 1. The molecule has 0 aliphatic carbocycles. The lowest BCUT2D eigenvalue weighted by atomic mass is 10.1. The van der Waals surface area contributed by atoms with Gasteiger partial charge in [0.2, 0.25) is 0 Å². The minimum absolute atomic E-state index is 0.243. The van der Waals surface area contributed by atoms with Crippen LogP contribution in [-0.2, 0) is 11.3 Å². The van der Waals surface area contributed by atoms with Crippen molar-refractivity contribution < 1.29 is 23.5 Å². The van der Waals surface area contributed by atoms with Crippen LogP contribution in [0.1, 0.15) is 34.6 Å². The maximum absolute atomic E-state index is 12.2. The van der Waals surface area contributed by atoms with Crippen LogP contribution in [0, 0.1) is 0 Å². The fourth-order valence-corrected chi connectivity index (χ4v) is 2.85. The Balaban J connectivity index is 1.61. The van der Waals surface area contributed by atoms with E-state index in [4.69, 9.17) is 13.9 Å². The van der Waals surface area contributed by atoms with Crippen molar-refractivity contribution >= 4 is 23.0 Å². The molecule has 0 aliphatic heterocycles. The quantitative estimate of drug-likeness (QED) is 0.633. The van der Waals surface area contributed by atoms with Gasteiger partial charge in [0, 0.05) is 11.9 Å². The van der Waals surface area contributed by atoms with Crippen LogP contribution in [0.25, 0.3) is 11.0 Å². The summed E-state index contributed by atoms with van der Waals surface area (Å²) in [6, 6.07) is 14.0. The second kappa shape index (κ2) is 8.47. The molecule has 7 heteroatoms. The molecule has 0 bridgehead atoms. The Morgan fingerprint density at radius 1 is 1.11 bits per heavy atom. The molecule has 0 saturated carbocycles. The molecule has 0 fully saturated rings. The van der Waals surface area contributed by atoms with Gasteiger partial charge in [-0.15, -0.1) is 0 Å². The van der Waals surface area contributed by atoms with E-state index in [1.807, 2.05) is 37.3 Å². The molecule has 1 atom stereocenters. The molecule has 2 N–H and O–H groups in total. The molecular weight excluding hydrogens is 360 g/mol. The van der Waals surface area contributed by atoms with E-state index < -0.39 is 5.97 Å². The number of carbonyl (C=O) groups excluding carboxylic acids is 2. The molecule has 2 amide bonds. The molecule has 3 rings (SSSR count). The lowest BCUT2D eigenvalue weighted by molar-refractivity contribution is 0.0597. The lowest BCUT2D eigenvalue weighted by Gasteiger charge is -2.13. The molecule has 28 heavy (non-hydrogen) atoms. The lowest BCUT2D eigenvalue weighted by Crippen LogP contribution is -2.36. The van der Waals surface area contributed by atoms with Crippen molar-refractivity contribution in [1.82, 2.24) is 10.6 Å². The third-order valence-corrected chi connectivity index (χ3v) is 4.34. The minimum Gasteiger partial charge on any atom is -0.496 e. The number of amides is 2. The summed E-state index contributed by atoms with van der Waals surface area (Å²) >= 11 is 0. The highest BCUT2D eigenvalue weighted by atomic mass is 16.5. The van der Waals surface area contributed by atoms with Gasteiger partial charge in [0.05, 0.1) is 20.3 Å². The summed E-state index contributed by atoms with van der Waals surface area (Å²) in [6.45, 7) is 2.09. The Kier molecular flexibility index (Phi) is 5.84. The summed E-state index contributed by atoms with van der Waals surface area (Å²) in [5, 5.41) is 6.59. The number of hydrogen-bond donors (Lipinski definition) is 2. The highest BCUT2D eigenvalue weighted by Crippen LogP contribution is 2.23. The maximum atomic E-state index is 12.2. The van der Waals surface area contributed by atoms with Crippen molar-refractivity contribution in [1.29, 1.82) is 0 Å². The zero-order valence-electron chi connectivity index (χ0n) is 15.9. The van der Waals surface area contributed by atoms with Gasteiger partial charge in [0.25, 0.3) is 0 Å². The molecule has 146 valence electrons. The van der Waals surface area contributed by atoms with E-state index in [-0.39, 0.29) is 18.6 Å². The number of para-hydroxylation sites is 1. The third-order valence-electron chi connectivity index (χ3n) is 4.34. The summed E-state index contributed by atoms with van der Waals surface area (Å²) in [6.07, 6.45) is 0. The van der Waals surface area contributed by atoms with Gasteiger partial charge in [-0.1, -0.05) is 24.3 Å². The number of urea groups is 1. The Hall–Kier alpha value is -3.48. The zero-order chi connectivity index (χ0) is 20.1. The fourth-order valence-electron chi connectivity index (χ4n) is 2.85. The molecule has 0 spiro atoms. The molecule has 1 aromatic heterocycles. The Labute approximate surface area is 162 Å². The number of carbonyl (C=O) groups is 2. The first-order valence-corrected chi connectivity index (χ1v) is 8.80. The molecule has 0 saturated heterocycles. The van der Waals surface area contributed by atoms with E-state index in [1.165, 1.54) is 14.2 Å². The van der Waals surface area contributed by atoms with E-state index in [9.17, 15) is 9.59 Å². The average molecular weight is 382 g/mol. The molecule has 7 nitrogen and oxygen atoms in total. The monoisotopic (exact) mass is 382 g/mol. The normalized spacial score (nSPS) is 11.7. The summed E-state index contributed by atoms with van der Waals surface area (Å²) in [5.74, 6) is 0.592. The molecule has 2 aromatic carbocycles. The van der Waals surface area contributed by atoms with Gasteiger partial charge in [0.15, 0.2) is 0 Å². The number of furan rings is 1. The molecule has 3 aromatic rings. The molecule has 1 unspecified atom stereocenters. The van der Waals surface area contributed by atoms with Crippen LogP contribution in [0.5, 0.6) is 5.75 Å². The molecule has 1 heterocycles. The molecule has 0 radical (unpaired) electrons. The number of ether oxygens (including phenoxy) is 2. The van der Waals surface area contributed by atoms with Gasteiger partial charge in [0.1, 0.15) is 22.7 Å². The first kappa shape index (κ1) is 19.3. The summed E-state index contributed by atoms with van der Waals surface area (Å²) in [4.78, 5) is 24.1. The summed E-state index contributed by atoms with van der Waals surface area (Å²) in [7, 11) is 2.78. The van der Waals surface area contributed by atoms with Gasteiger partial charge in [-0.2, -0.15) is 0 Å². The first-order chi connectivity index (χ1) is 13.5. The number of benzene rings is 2. The summed E-state index contributed by atoms with van der Waals surface area (Å²) in [5.41, 5.74) is 1.83. The van der Waals surface area contributed by atoms with Crippen LogP contribution in [0.15, 0.2) is 52.9 Å². The maximum Gasteiger partial charge on any atom is 0.341 e. The van der Waals surface area contributed by atoms with E-state index >= 15 is 0 Å².